The lowest BCUT2D eigenvalue weighted by atomic mass is 10.2. The second kappa shape index (κ2) is 5.23. The van der Waals surface area contributed by atoms with Gasteiger partial charge in [-0.15, -0.1) is 0 Å². The van der Waals surface area contributed by atoms with Crippen molar-refractivity contribution in [2.75, 3.05) is 18.0 Å². The Labute approximate surface area is 129 Å². The fourth-order valence-electron chi connectivity index (χ4n) is 2.93. The Morgan fingerprint density at radius 3 is 2.50 bits per heavy atom. The van der Waals surface area contributed by atoms with Crippen LogP contribution in [0, 0.1) is 11.8 Å². The summed E-state index contributed by atoms with van der Waals surface area (Å²) < 4.78 is 5.27. The molecular weight excluding hydrogens is 284 g/mol. The van der Waals surface area contributed by atoms with Crippen LogP contribution in [0.15, 0.2) is 12.4 Å². The number of aromatic nitrogens is 2. The first-order valence-corrected chi connectivity index (χ1v) is 7.39. The summed E-state index contributed by atoms with van der Waals surface area (Å²) in [4.78, 5) is 32.7. The van der Waals surface area contributed by atoms with E-state index in [1.54, 1.807) is 6.20 Å². The summed E-state index contributed by atoms with van der Waals surface area (Å²) in [7, 11) is 0. The molecule has 1 aliphatic carbocycles. The maximum atomic E-state index is 11.8. The van der Waals surface area contributed by atoms with Crippen LogP contribution in [0.3, 0.4) is 0 Å². The van der Waals surface area contributed by atoms with Gasteiger partial charge in [0.1, 0.15) is 17.1 Å². The molecule has 1 saturated heterocycles. The second-order valence-electron chi connectivity index (χ2n) is 6.82. The molecule has 7 heteroatoms. The molecule has 1 aliphatic heterocycles. The molecule has 1 saturated carbocycles. The monoisotopic (exact) mass is 304 g/mol. The molecule has 0 bridgehead atoms. The SMILES string of the molecule is CC(C)(C)OC(=O)NC1C2CN(c3cnc(C=O)cn3)CC21. The molecule has 2 fully saturated rings. The normalized spacial score (nSPS) is 26.3. The first-order valence-electron chi connectivity index (χ1n) is 7.39. The third kappa shape index (κ3) is 3.03. The number of nitrogens with one attached hydrogen (secondary N) is 1. The summed E-state index contributed by atoms with van der Waals surface area (Å²) in [5, 5.41) is 2.93. The van der Waals surface area contributed by atoms with Gasteiger partial charge in [0.15, 0.2) is 6.29 Å². The average molecular weight is 304 g/mol. The Hall–Kier alpha value is -2.18. The highest BCUT2D eigenvalue weighted by atomic mass is 16.6. The highest BCUT2D eigenvalue weighted by Crippen LogP contribution is 2.46. The molecule has 118 valence electrons. The van der Waals surface area contributed by atoms with Gasteiger partial charge in [0.25, 0.3) is 0 Å². The van der Waals surface area contributed by atoms with Crippen molar-refractivity contribution in [3.63, 3.8) is 0 Å². The highest BCUT2D eigenvalue weighted by molar-refractivity contribution is 5.71. The molecule has 1 amide bonds. The number of rotatable bonds is 3. The van der Waals surface area contributed by atoms with E-state index in [1.165, 1.54) is 6.20 Å². The van der Waals surface area contributed by atoms with Crippen molar-refractivity contribution in [1.29, 1.82) is 0 Å². The van der Waals surface area contributed by atoms with E-state index in [-0.39, 0.29) is 12.1 Å². The molecule has 1 N–H and O–H groups in total. The van der Waals surface area contributed by atoms with E-state index in [1.807, 2.05) is 20.8 Å². The fraction of sp³-hybridized carbons (Fsp3) is 0.600. The van der Waals surface area contributed by atoms with E-state index in [9.17, 15) is 9.59 Å². The number of carbonyl (C=O) groups is 2. The quantitative estimate of drug-likeness (QED) is 0.846. The number of carbonyl (C=O) groups excluding carboxylic acids is 2. The van der Waals surface area contributed by atoms with Crippen LogP contribution < -0.4 is 10.2 Å². The van der Waals surface area contributed by atoms with Gasteiger partial charge in [-0.2, -0.15) is 0 Å². The summed E-state index contributed by atoms with van der Waals surface area (Å²) in [5.74, 6) is 1.63. The van der Waals surface area contributed by atoms with Crippen molar-refractivity contribution in [1.82, 2.24) is 15.3 Å². The Kier molecular flexibility index (Phi) is 3.50. The minimum Gasteiger partial charge on any atom is -0.444 e. The van der Waals surface area contributed by atoms with E-state index in [0.717, 1.165) is 18.9 Å². The van der Waals surface area contributed by atoms with Gasteiger partial charge in [-0.1, -0.05) is 0 Å². The molecule has 2 atom stereocenters. The number of amides is 1. The van der Waals surface area contributed by atoms with E-state index >= 15 is 0 Å². The number of hydrogen-bond donors (Lipinski definition) is 1. The predicted molar refractivity (Wildman–Crippen MR) is 79.8 cm³/mol. The maximum Gasteiger partial charge on any atom is 0.407 e. The highest BCUT2D eigenvalue weighted by Gasteiger charge is 2.57. The van der Waals surface area contributed by atoms with Crippen LogP contribution in [0.4, 0.5) is 10.6 Å². The first kappa shape index (κ1) is 14.7. The van der Waals surface area contributed by atoms with Gasteiger partial charge >= 0.3 is 6.09 Å². The van der Waals surface area contributed by atoms with E-state index < -0.39 is 5.60 Å². The van der Waals surface area contributed by atoms with Crippen molar-refractivity contribution < 1.29 is 14.3 Å². The lowest BCUT2D eigenvalue weighted by molar-refractivity contribution is 0.0518. The van der Waals surface area contributed by atoms with Crippen LogP contribution in [-0.4, -0.2) is 47.1 Å². The maximum absolute atomic E-state index is 11.8. The van der Waals surface area contributed by atoms with Crippen LogP contribution in [0.5, 0.6) is 0 Å². The number of fused-ring (bicyclic) bond motifs is 1. The minimum absolute atomic E-state index is 0.188. The summed E-state index contributed by atoms with van der Waals surface area (Å²) in [5.41, 5.74) is -0.145. The zero-order valence-electron chi connectivity index (χ0n) is 12.9. The molecule has 3 rings (SSSR count). The second-order valence-corrected chi connectivity index (χ2v) is 6.82. The number of alkyl carbamates (subject to hydrolysis) is 1. The summed E-state index contributed by atoms with van der Waals surface area (Å²) in [6.07, 6.45) is 3.42. The topological polar surface area (TPSA) is 84.4 Å². The van der Waals surface area contributed by atoms with Crippen molar-refractivity contribution in [3.05, 3.63) is 18.1 Å². The molecule has 0 radical (unpaired) electrons. The van der Waals surface area contributed by atoms with Crippen LogP contribution in [0.25, 0.3) is 0 Å². The van der Waals surface area contributed by atoms with Gasteiger partial charge in [-0.05, 0) is 20.8 Å². The smallest absolute Gasteiger partial charge is 0.407 e. The number of hydrogen-bond acceptors (Lipinski definition) is 6. The lowest BCUT2D eigenvalue weighted by Gasteiger charge is -2.22. The molecule has 1 aromatic heterocycles. The predicted octanol–water partition coefficient (Wildman–Crippen LogP) is 1.25. The third-order valence-electron chi connectivity index (χ3n) is 3.98. The third-order valence-corrected chi connectivity index (χ3v) is 3.98. The Bertz CT molecular complexity index is 569. The number of ether oxygens (including phenoxy) is 1. The first-order chi connectivity index (χ1) is 10.4. The van der Waals surface area contributed by atoms with Crippen molar-refractivity contribution in [2.24, 2.45) is 11.8 Å². The molecule has 2 unspecified atom stereocenters. The van der Waals surface area contributed by atoms with Gasteiger partial charge in [-0.25, -0.2) is 14.8 Å². The summed E-state index contributed by atoms with van der Waals surface area (Å²) >= 11 is 0. The standard InChI is InChI=1S/C15H20N4O3/c1-15(2,3)22-14(21)18-13-10-6-19(7-11(10)13)12-5-16-9(8-20)4-17-12/h4-5,8,10-11,13H,6-7H2,1-3H3,(H,18,21). The largest absolute Gasteiger partial charge is 0.444 e. The van der Waals surface area contributed by atoms with Crippen LogP contribution >= 0.6 is 0 Å². The Morgan fingerprint density at radius 2 is 2.00 bits per heavy atom. The average Bonchev–Trinajstić information content (AvgIpc) is 2.89. The van der Waals surface area contributed by atoms with Gasteiger partial charge < -0.3 is 15.0 Å². The van der Waals surface area contributed by atoms with Gasteiger partial charge in [0.05, 0.1) is 12.4 Å². The van der Waals surface area contributed by atoms with E-state index in [0.29, 0.717) is 23.8 Å². The van der Waals surface area contributed by atoms with Gasteiger partial charge in [0.2, 0.25) is 0 Å². The molecule has 2 aliphatic rings. The van der Waals surface area contributed by atoms with Gasteiger partial charge in [-0.3, -0.25) is 4.79 Å². The van der Waals surface area contributed by atoms with Crippen molar-refractivity contribution in [2.45, 2.75) is 32.4 Å². The number of piperidine rings is 1. The van der Waals surface area contributed by atoms with E-state index in [2.05, 4.69) is 20.2 Å². The lowest BCUT2D eigenvalue weighted by Crippen LogP contribution is -2.38. The molecule has 1 aromatic rings. The zero-order chi connectivity index (χ0) is 15.9. The van der Waals surface area contributed by atoms with Crippen molar-refractivity contribution >= 4 is 18.2 Å². The Morgan fingerprint density at radius 1 is 1.32 bits per heavy atom. The van der Waals surface area contributed by atoms with Crippen molar-refractivity contribution in [3.8, 4) is 0 Å². The van der Waals surface area contributed by atoms with Crippen LogP contribution in [0.2, 0.25) is 0 Å². The summed E-state index contributed by atoms with van der Waals surface area (Å²) in [6, 6.07) is 0.188. The molecule has 2 heterocycles. The van der Waals surface area contributed by atoms with Gasteiger partial charge in [0, 0.05) is 31.0 Å². The Balaban J connectivity index is 1.51. The zero-order valence-corrected chi connectivity index (χ0v) is 12.9. The molecular formula is C15H20N4O3. The number of aldehydes is 1. The fourth-order valence-corrected chi connectivity index (χ4v) is 2.93. The van der Waals surface area contributed by atoms with E-state index in [4.69, 9.17) is 4.74 Å². The summed E-state index contributed by atoms with van der Waals surface area (Å²) in [6.45, 7) is 7.22. The molecule has 0 aromatic carbocycles. The van der Waals surface area contributed by atoms with Crippen LogP contribution in [0.1, 0.15) is 31.3 Å². The molecule has 22 heavy (non-hydrogen) atoms. The minimum atomic E-state index is -0.476. The number of nitrogens with zero attached hydrogens (tertiary/aromatic N) is 3. The molecule has 0 spiro atoms. The molecule has 7 nitrogen and oxygen atoms in total. The number of anilines is 1. The van der Waals surface area contributed by atoms with Crippen LogP contribution in [-0.2, 0) is 4.74 Å².